The summed E-state index contributed by atoms with van der Waals surface area (Å²) in [5.74, 6) is -2.87. The first-order valence-corrected chi connectivity index (χ1v) is 6.61. The van der Waals surface area contributed by atoms with Gasteiger partial charge in [0.2, 0.25) is 10.0 Å². The maximum atomic E-state index is 13.4. The average molecular weight is 280 g/mol. The molecular formula is C10H14F2N2O3S. The number of aliphatic hydroxyl groups is 1. The first kappa shape index (κ1) is 14.8. The minimum absolute atomic E-state index is 0.123. The zero-order chi connectivity index (χ0) is 13.9. The predicted molar refractivity (Wildman–Crippen MR) is 62.2 cm³/mol. The van der Waals surface area contributed by atoms with Crippen LogP contribution >= 0.6 is 0 Å². The van der Waals surface area contributed by atoms with Crippen molar-refractivity contribution in [3.05, 3.63) is 23.8 Å². The van der Waals surface area contributed by atoms with Crippen LogP contribution in [-0.2, 0) is 10.0 Å². The van der Waals surface area contributed by atoms with Gasteiger partial charge in [0, 0.05) is 18.8 Å². The zero-order valence-corrected chi connectivity index (χ0v) is 10.5. The van der Waals surface area contributed by atoms with Gasteiger partial charge in [-0.25, -0.2) is 21.9 Å². The third-order valence-corrected chi connectivity index (χ3v) is 3.70. The van der Waals surface area contributed by atoms with Gasteiger partial charge in [-0.1, -0.05) is 6.92 Å². The number of benzene rings is 1. The van der Waals surface area contributed by atoms with E-state index in [0.29, 0.717) is 0 Å². The summed E-state index contributed by atoms with van der Waals surface area (Å²) in [7, 11) is -4.31. The van der Waals surface area contributed by atoms with E-state index in [9.17, 15) is 17.2 Å². The lowest BCUT2D eigenvalue weighted by atomic mass is 10.2. The number of hydrogen-bond donors (Lipinski definition) is 3. The Bertz CT molecular complexity index is 511. The summed E-state index contributed by atoms with van der Waals surface area (Å²) >= 11 is 0. The summed E-state index contributed by atoms with van der Waals surface area (Å²) < 4.78 is 52.3. The highest BCUT2D eigenvalue weighted by atomic mass is 32.2. The van der Waals surface area contributed by atoms with E-state index in [2.05, 4.69) is 0 Å². The van der Waals surface area contributed by atoms with E-state index in [1.165, 1.54) is 0 Å². The molecule has 1 aromatic rings. The van der Waals surface area contributed by atoms with E-state index in [4.69, 9.17) is 10.8 Å². The summed E-state index contributed by atoms with van der Waals surface area (Å²) in [6.07, 6.45) is 0. The Morgan fingerprint density at radius 1 is 1.39 bits per heavy atom. The molecule has 0 spiro atoms. The van der Waals surface area contributed by atoms with Gasteiger partial charge in [-0.05, 0) is 18.1 Å². The van der Waals surface area contributed by atoms with Crippen LogP contribution in [0.1, 0.15) is 6.92 Å². The highest BCUT2D eigenvalue weighted by molar-refractivity contribution is 7.89. The molecule has 0 fully saturated rings. The number of sulfonamides is 1. The van der Waals surface area contributed by atoms with Gasteiger partial charge in [0.05, 0.1) is 0 Å². The van der Waals surface area contributed by atoms with Gasteiger partial charge < -0.3 is 10.8 Å². The number of nitrogens with two attached hydrogens (primary N) is 1. The summed E-state index contributed by atoms with van der Waals surface area (Å²) in [4.78, 5) is -1.07. The number of anilines is 1. The standard InChI is InChI=1S/C10H14F2N2O3S/c1-6(5-15)4-14-18(16,17)10-8(11)2-7(13)3-9(10)12/h2-3,6,14-15H,4-5,13H2,1H3. The first-order chi connectivity index (χ1) is 8.27. The van der Waals surface area contributed by atoms with Crippen LogP contribution in [0.25, 0.3) is 0 Å². The molecule has 102 valence electrons. The van der Waals surface area contributed by atoms with E-state index in [1.807, 2.05) is 4.72 Å². The van der Waals surface area contributed by atoms with Gasteiger partial charge >= 0.3 is 0 Å². The fourth-order valence-corrected chi connectivity index (χ4v) is 2.50. The van der Waals surface area contributed by atoms with Crippen LogP contribution in [0.2, 0.25) is 0 Å². The zero-order valence-electron chi connectivity index (χ0n) is 9.65. The van der Waals surface area contributed by atoms with Crippen molar-refractivity contribution in [2.24, 2.45) is 5.92 Å². The molecular weight excluding hydrogens is 266 g/mol. The van der Waals surface area contributed by atoms with Gasteiger partial charge in [-0.3, -0.25) is 0 Å². The fraction of sp³-hybridized carbons (Fsp3) is 0.400. The Morgan fingerprint density at radius 3 is 2.33 bits per heavy atom. The lowest BCUT2D eigenvalue weighted by molar-refractivity contribution is 0.238. The third-order valence-electron chi connectivity index (χ3n) is 2.22. The Labute approximate surface area is 104 Å². The van der Waals surface area contributed by atoms with Crippen LogP contribution in [0.4, 0.5) is 14.5 Å². The molecule has 0 aliphatic rings. The molecule has 0 amide bonds. The topological polar surface area (TPSA) is 92.4 Å². The van der Waals surface area contributed by atoms with E-state index >= 15 is 0 Å². The molecule has 5 nitrogen and oxygen atoms in total. The number of nitrogens with one attached hydrogen (secondary N) is 1. The minimum Gasteiger partial charge on any atom is -0.399 e. The molecule has 1 unspecified atom stereocenters. The van der Waals surface area contributed by atoms with Crippen LogP contribution in [0, 0.1) is 17.6 Å². The van der Waals surface area contributed by atoms with Gasteiger partial charge in [-0.15, -0.1) is 0 Å². The highest BCUT2D eigenvalue weighted by Crippen LogP contribution is 2.21. The molecule has 1 rings (SSSR count). The second-order valence-electron chi connectivity index (χ2n) is 3.95. The molecule has 0 aliphatic heterocycles. The molecule has 1 atom stereocenters. The second-order valence-corrected chi connectivity index (χ2v) is 5.66. The molecule has 0 aromatic heterocycles. The largest absolute Gasteiger partial charge is 0.399 e. The van der Waals surface area contributed by atoms with Crippen molar-refractivity contribution in [3.63, 3.8) is 0 Å². The Morgan fingerprint density at radius 2 is 1.89 bits per heavy atom. The SMILES string of the molecule is CC(CO)CNS(=O)(=O)c1c(F)cc(N)cc1F. The highest BCUT2D eigenvalue weighted by Gasteiger charge is 2.24. The molecule has 4 N–H and O–H groups in total. The van der Waals surface area contributed by atoms with Gasteiger partial charge in [0.15, 0.2) is 4.90 Å². The molecule has 0 radical (unpaired) electrons. The maximum absolute atomic E-state index is 13.4. The molecule has 0 aliphatic carbocycles. The maximum Gasteiger partial charge on any atom is 0.246 e. The summed E-state index contributed by atoms with van der Waals surface area (Å²) in [6, 6.07) is 1.46. The normalized spacial score (nSPS) is 13.6. The van der Waals surface area contributed by atoms with Crippen LogP contribution < -0.4 is 10.5 Å². The van der Waals surface area contributed by atoms with Crippen LogP contribution in [0.15, 0.2) is 17.0 Å². The molecule has 0 heterocycles. The number of halogens is 2. The number of nitrogen functional groups attached to an aromatic ring is 1. The van der Waals surface area contributed by atoms with Gasteiger partial charge in [-0.2, -0.15) is 0 Å². The summed E-state index contributed by atoms with van der Waals surface area (Å²) in [6.45, 7) is 1.22. The molecule has 1 aromatic carbocycles. The minimum atomic E-state index is -4.31. The van der Waals surface area contributed by atoms with Crippen molar-refractivity contribution in [1.82, 2.24) is 4.72 Å². The van der Waals surface area contributed by atoms with Gasteiger partial charge in [0.25, 0.3) is 0 Å². The van der Waals surface area contributed by atoms with E-state index in [1.54, 1.807) is 6.92 Å². The van der Waals surface area contributed by atoms with Crippen LogP contribution in [0.3, 0.4) is 0 Å². The van der Waals surface area contributed by atoms with E-state index in [-0.39, 0.29) is 24.8 Å². The quantitative estimate of drug-likeness (QED) is 0.683. The number of aliphatic hydroxyl groups excluding tert-OH is 1. The first-order valence-electron chi connectivity index (χ1n) is 5.13. The van der Waals surface area contributed by atoms with Gasteiger partial charge in [0.1, 0.15) is 11.6 Å². The van der Waals surface area contributed by atoms with Crippen molar-refractivity contribution >= 4 is 15.7 Å². The van der Waals surface area contributed by atoms with Crippen molar-refractivity contribution in [2.45, 2.75) is 11.8 Å². The summed E-state index contributed by atoms with van der Waals surface area (Å²) in [5, 5.41) is 8.75. The van der Waals surface area contributed by atoms with E-state index in [0.717, 1.165) is 12.1 Å². The van der Waals surface area contributed by atoms with E-state index < -0.39 is 26.6 Å². The molecule has 0 saturated heterocycles. The van der Waals surface area contributed by atoms with Crippen molar-refractivity contribution < 1.29 is 22.3 Å². The lowest BCUT2D eigenvalue weighted by Crippen LogP contribution is -2.31. The van der Waals surface area contributed by atoms with Crippen molar-refractivity contribution in [3.8, 4) is 0 Å². The summed E-state index contributed by atoms with van der Waals surface area (Å²) in [5.41, 5.74) is 4.99. The number of hydrogen-bond acceptors (Lipinski definition) is 4. The third kappa shape index (κ3) is 3.37. The molecule has 0 saturated carbocycles. The van der Waals surface area contributed by atoms with Crippen molar-refractivity contribution in [1.29, 1.82) is 0 Å². The van der Waals surface area contributed by atoms with Crippen molar-refractivity contribution in [2.75, 3.05) is 18.9 Å². The van der Waals surface area contributed by atoms with Crippen LogP contribution in [-0.4, -0.2) is 26.7 Å². The average Bonchev–Trinajstić information content (AvgIpc) is 2.24. The molecule has 0 bridgehead atoms. The Hall–Kier alpha value is -1.25. The number of rotatable bonds is 5. The second kappa shape index (κ2) is 5.59. The predicted octanol–water partition coefficient (Wildman–Crippen LogP) is 0.454. The Balaban J connectivity index is 3.06. The van der Waals surface area contributed by atoms with Crippen LogP contribution in [0.5, 0.6) is 0 Å². The molecule has 18 heavy (non-hydrogen) atoms. The molecule has 8 heteroatoms. The smallest absolute Gasteiger partial charge is 0.246 e. The monoisotopic (exact) mass is 280 g/mol. The lowest BCUT2D eigenvalue weighted by Gasteiger charge is -2.11. The Kier molecular flexibility index (Phi) is 4.60. The fourth-order valence-electron chi connectivity index (χ4n) is 1.22.